The maximum atomic E-state index is 3.43. The lowest BCUT2D eigenvalue weighted by Gasteiger charge is -2.10. The topological polar surface area (TPSA) is 27.8 Å². The first-order chi connectivity index (χ1) is 5.83. The second-order valence-electron chi connectivity index (χ2n) is 2.93. The third kappa shape index (κ3) is 3.32. The Morgan fingerprint density at radius 2 is 2.50 bits per heavy atom. The molecule has 0 aliphatic carbocycles. The normalized spacial score (nSPS) is 13.2. The van der Waals surface area contributed by atoms with Gasteiger partial charge in [-0.2, -0.15) is 11.8 Å². The van der Waals surface area contributed by atoms with Gasteiger partial charge < -0.3 is 10.3 Å². The summed E-state index contributed by atoms with van der Waals surface area (Å²) in [6, 6.07) is 4.71. The molecule has 1 rings (SSSR count). The average molecular weight is 184 g/mol. The SMILES string of the molecule is CSCC(C)NCc1ccc[nH]1. The zero-order valence-corrected chi connectivity index (χ0v) is 8.45. The zero-order chi connectivity index (χ0) is 8.81. The fourth-order valence-electron chi connectivity index (χ4n) is 1.07. The zero-order valence-electron chi connectivity index (χ0n) is 7.63. The molecule has 1 atom stereocenters. The van der Waals surface area contributed by atoms with E-state index in [0.29, 0.717) is 6.04 Å². The molecule has 0 amide bonds. The summed E-state index contributed by atoms with van der Waals surface area (Å²) in [5.41, 5.74) is 1.25. The van der Waals surface area contributed by atoms with Gasteiger partial charge in [-0.05, 0) is 25.3 Å². The standard InChI is InChI=1S/C9H16N2S/c1-8(7-12-2)11-6-9-4-3-5-10-9/h3-5,8,10-11H,6-7H2,1-2H3. The van der Waals surface area contributed by atoms with Crippen LogP contribution in [0, 0.1) is 0 Å². The van der Waals surface area contributed by atoms with Crippen LogP contribution >= 0.6 is 11.8 Å². The summed E-state index contributed by atoms with van der Waals surface area (Å²) in [5.74, 6) is 1.17. The molecule has 0 saturated heterocycles. The van der Waals surface area contributed by atoms with Crippen LogP contribution in [-0.4, -0.2) is 23.0 Å². The largest absolute Gasteiger partial charge is 0.364 e. The van der Waals surface area contributed by atoms with Gasteiger partial charge in [0.1, 0.15) is 0 Å². The van der Waals surface area contributed by atoms with Crippen molar-refractivity contribution in [3.05, 3.63) is 24.0 Å². The second kappa shape index (κ2) is 5.27. The number of aromatic amines is 1. The van der Waals surface area contributed by atoms with Gasteiger partial charge in [0.15, 0.2) is 0 Å². The van der Waals surface area contributed by atoms with Crippen molar-refractivity contribution in [1.82, 2.24) is 10.3 Å². The van der Waals surface area contributed by atoms with Crippen molar-refractivity contribution in [3.63, 3.8) is 0 Å². The van der Waals surface area contributed by atoms with Crippen molar-refractivity contribution in [2.45, 2.75) is 19.5 Å². The quantitative estimate of drug-likeness (QED) is 0.731. The van der Waals surface area contributed by atoms with Gasteiger partial charge in [-0.3, -0.25) is 0 Å². The first-order valence-electron chi connectivity index (χ1n) is 4.17. The molecule has 0 fully saturated rings. The number of nitrogens with one attached hydrogen (secondary N) is 2. The Morgan fingerprint density at radius 3 is 3.08 bits per heavy atom. The first-order valence-corrected chi connectivity index (χ1v) is 5.57. The minimum absolute atomic E-state index is 0.586. The third-order valence-corrected chi connectivity index (χ3v) is 2.55. The molecular weight excluding hydrogens is 168 g/mol. The molecule has 0 aliphatic rings. The average Bonchev–Trinajstić information content (AvgIpc) is 2.53. The number of aromatic nitrogens is 1. The minimum atomic E-state index is 0.586. The van der Waals surface area contributed by atoms with Gasteiger partial charge >= 0.3 is 0 Å². The van der Waals surface area contributed by atoms with Crippen molar-refractivity contribution < 1.29 is 0 Å². The van der Waals surface area contributed by atoms with Gasteiger partial charge in [0.2, 0.25) is 0 Å². The van der Waals surface area contributed by atoms with Crippen LogP contribution in [0.25, 0.3) is 0 Å². The molecule has 2 N–H and O–H groups in total. The Bertz CT molecular complexity index is 196. The Kier molecular flexibility index (Phi) is 4.25. The van der Waals surface area contributed by atoms with E-state index < -0.39 is 0 Å². The number of thioether (sulfide) groups is 1. The van der Waals surface area contributed by atoms with Gasteiger partial charge in [-0.25, -0.2) is 0 Å². The fourth-order valence-corrected chi connectivity index (χ4v) is 1.69. The number of hydrogen-bond donors (Lipinski definition) is 2. The Morgan fingerprint density at radius 1 is 1.67 bits per heavy atom. The second-order valence-corrected chi connectivity index (χ2v) is 3.84. The predicted molar refractivity (Wildman–Crippen MR) is 55.5 cm³/mol. The molecule has 0 spiro atoms. The van der Waals surface area contributed by atoms with E-state index in [-0.39, 0.29) is 0 Å². The van der Waals surface area contributed by atoms with Crippen LogP contribution < -0.4 is 5.32 Å². The van der Waals surface area contributed by atoms with Crippen LogP contribution in [0.5, 0.6) is 0 Å². The predicted octanol–water partition coefficient (Wildman–Crippen LogP) is 1.86. The summed E-state index contributed by atoms with van der Waals surface area (Å²) in [6.45, 7) is 3.15. The molecule has 1 unspecified atom stereocenters. The molecule has 0 radical (unpaired) electrons. The van der Waals surface area contributed by atoms with Crippen LogP contribution in [0.1, 0.15) is 12.6 Å². The minimum Gasteiger partial charge on any atom is -0.364 e. The van der Waals surface area contributed by atoms with Crippen LogP contribution in [0.2, 0.25) is 0 Å². The van der Waals surface area contributed by atoms with E-state index in [9.17, 15) is 0 Å². The van der Waals surface area contributed by atoms with Crippen molar-refractivity contribution in [2.24, 2.45) is 0 Å². The Labute approximate surface area is 78.1 Å². The van der Waals surface area contributed by atoms with E-state index in [0.717, 1.165) is 6.54 Å². The van der Waals surface area contributed by atoms with Crippen molar-refractivity contribution in [3.8, 4) is 0 Å². The molecule has 0 bridgehead atoms. The summed E-state index contributed by atoms with van der Waals surface area (Å²) in [4.78, 5) is 3.17. The molecule has 2 nitrogen and oxygen atoms in total. The van der Waals surface area contributed by atoms with E-state index in [2.05, 4.69) is 29.5 Å². The lowest BCUT2D eigenvalue weighted by atomic mass is 10.3. The fraction of sp³-hybridized carbons (Fsp3) is 0.556. The highest BCUT2D eigenvalue weighted by Crippen LogP contribution is 1.98. The summed E-state index contributed by atoms with van der Waals surface area (Å²) < 4.78 is 0. The van der Waals surface area contributed by atoms with Crippen LogP contribution in [0.3, 0.4) is 0 Å². The highest BCUT2D eigenvalue weighted by Gasteiger charge is 1.99. The van der Waals surface area contributed by atoms with Gasteiger partial charge in [0, 0.05) is 30.2 Å². The van der Waals surface area contributed by atoms with Crippen molar-refractivity contribution in [1.29, 1.82) is 0 Å². The number of hydrogen-bond acceptors (Lipinski definition) is 2. The van der Waals surface area contributed by atoms with E-state index in [1.807, 2.05) is 24.0 Å². The van der Waals surface area contributed by atoms with Crippen LogP contribution in [0.15, 0.2) is 18.3 Å². The van der Waals surface area contributed by atoms with Gasteiger partial charge in [0.25, 0.3) is 0 Å². The smallest absolute Gasteiger partial charge is 0.0359 e. The highest BCUT2D eigenvalue weighted by atomic mass is 32.2. The lowest BCUT2D eigenvalue weighted by Crippen LogP contribution is -2.27. The Balaban J connectivity index is 2.17. The maximum Gasteiger partial charge on any atom is 0.0359 e. The molecule has 3 heteroatoms. The van der Waals surface area contributed by atoms with Crippen molar-refractivity contribution in [2.75, 3.05) is 12.0 Å². The Hall–Kier alpha value is -0.410. The molecule has 68 valence electrons. The van der Waals surface area contributed by atoms with E-state index in [1.54, 1.807) is 0 Å². The number of rotatable bonds is 5. The molecule has 1 heterocycles. The summed E-state index contributed by atoms with van der Waals surface area (Å²) in [7, 11) is 0. The third-order valence-electron chi connectivity index (χ3n) is 1.72. The maximum absolute atomic E-state index is 3.43. The van der Waals surface area contributed by atoms with E-state index in [1.165, 1.54) is 11.4 Å². The van der Waals surface area contributed by atoms with E-state index >= 15 is 0 Å². The molecule has 0 aliphatic heterocycles. The van der Waals surface area contributed by atoms with Crippen LogP contribution in [0.4, 0.5) is 0 Å². The molecule has 0 aromatic carbocycles. The monoisotopic (exact) mass is 184 g/mol. The first kappa shape index (κ1) is 9.68. The van der Waals surface area contributed by atoms with Gasteiger partial charge in [-0.1, -0.05) is 0 Å². The molecule has 0 saturated carbocycles. The molecular formula is C9H16N2S. The van der Waals surface area contributed by atoms with E-state index in [4.69, 9.17) is 0 Å². The highest BCUT2D eigenvalue weighted by molar-refractivity contribution is 7.98. The van der Waals surface area contributed by atoms with Gasteiger partial charge in [0.05, 0.1) is 0 Å². The summed E-state index contributed by atoms with van der Waals surface area (Å²) in [5, 5.41) is 3.43. The van der Waals surface area contributed by atoms with Crippen molar-refractivity contribution >= 4 is 11.8 Å². The molecule has 1 aromatic rings. The molecule has 1 aromatic heterocycles. The number of H-pyrrole nitrogens is 1. The molecule has 12 heavy (non-hydrogen) atoms. The van der Waals surface area contributed by atoms with Gasteiger partial charge in [-0.15, -0.1) is 0 Å². The summed E-state index contributed by atoms with van der Waals surface area (Å²) >= 11 is 1.87. The summed E-state index contributed by atoms with van der Waals surface area (Å²) in [6.07, 6.45) is 4.09. The van der Waals surface area contributed by atoms with Crippen LogP contribution in [-0.2, 0) is 6.54 Å². The lowest BCUT2D eigenvalue weighted by molar-refractivity contribution is 0.590.